The van der Waals surface area contributed by atoms with Crippen molar-refractivity contribution >= 4 is 21.8 Å². The molecule has 5 nitrogen and oxygen atoms in total. The number of halogens is 1. The first-order valence-electron chi connectivity index (χ1n) is 7.04. The largest absolute Gasteiger partial charge is 0.375 e. The van der Waals surface area contributed by atoms with Crippen LogP contribution >= 0.6 is 11.6 Å². The summed E-state index contributed by atoms with van der Waals surface area (Å²) in [5.74, 6) is 0.376. The van der Waals surface area contributed by atoms with Gasteiger partial charge in [-0.15, -0.1) is 11.6 Å². The van der Waals surface area contributed by atoms with E-state index in [2.05, 4.69) is 0 Å². The van der Waals surface area contributed by atoms with E-state index in [1.165, 1.54) is 0 Å². The molecule has 2 saturated heterocycles. The third-order valence-corrected chi connectivity index (χ3v) is 6.34. The Kier molecular flexibility index (Phi) is 5.48. The predicted molar refractivity (Wildman–Crippen MR) is 75.6 cm³/mol. The lowest BCUT2D eigenvalue weighted by Gasteiger charge is -2.39. The third kappa shape index (κ3) is 3.42. The van der Waals surface area contributed by atoms with Gasteiger partial charge < -0.3 is 4.74 Å². The zero-order chi connectivity index (χ0) is 13.9. The average molecular weight is 311 g/mol. The molecule has 0 saturated carbocycles. The second kappa shape index (κ2) is 6.72. The summed E-state index contributed by atoms with van der Waals surface area (Å²) in [4.78, 5) is 0. The number of alkyl halides is 1. The summed E-state index contributed by atoms with van der Waals surface area (Å²) in [5.41, 5.74) is 0. The summed E-state index contributed by atoms with van der Waals surface area (Å²) < 4.78 is 34.1. The topological polar surface area (TPSA) is 49.9 Å². The van der Waals surface area contributed by atoms with Gasteiger partial charge >= 0.3 is 0 Å². The molecule has 0 aromatic carbocycles. The zero-order valence-electron chi connectivity index (χ0n) is 11.4. The van der Waals surface area contributed by atoms with Crippen LogP contribution in [-0.2, 0) is 14.9 Å². The van der Waals surface area contributed by atoms with Crippen LogP contribution in [0, 0.1) is 0 Å². The number of piperidine rings is 1. The van der Waals surface area contributed by atoms with Crippen LogP contribution in [0.25, 0.3) is 0 Å². The highest BCUT2D eigenvalue weighted by Gasteiger charge is 2.38. The molecule has 2 aliphatic rings. The molecule has 7 heteroatoms. The first kappa shape index (κ1) is 15.5. The molecule has 0 amide bonds. The van der Waals surface area contributed by atoms with Gasteiger partial charge in [0.05, 0.1) is 12.7 Å². The lowest BCUT2D eigenvalue weighted by Crippen LogP contribution is -2.55. The van der Waals surface area contributed by atoms with E-state index in [0.29, 0.717) is 32.1 Å². The SMILES string of the molecule is CCC1CN(S(=O)(=O)N2CCCCC2CCl)CCO1. The van der Waals surface area contributed by atoms with E-state index in [1.807, 2.05) is 6.92 Å². The Labute approximate surface area is 121 Å². The molecule has 0 aromatic rings. The van der Waals surface area contributed by atoms with Gasteiger partial charge in [-0.2, -0.15) is 17.0 Å². The van der Waals surface area contributed by atoms with Crippen LogP contribution in [0.3, 0.4) is 0 Å². The lowest BCUT2D eigenvalue weighted by atomic mass is 10.1. The Morgan fingerprint density at radius 3 is 2.79 bits per heavy atom. The van der Waals surface area contributed by atoms with Gasteiger partial charge in [-0.1, -0.05) is 13.3 Å². The van der Waals surface area contributed by atoms with Gasteiger partial charge in [0.25, 0.3) is 10.2 Å². The van der Waals surface area contributed by atoms with Crippen LogP contribution in [-0.4, -0.2) is 61.3 Å². The maximum Gasteiger partial charge on any atom is 0.282 e. The molecule has 2 unspecified atom stereocenters. The van der Waals surface area contributed by atoms with Crippen molar-refractivity contribution in [2.75, 3.05) is 32.1 Å². The summed E-state index contributed by atoms with van der Waals surface area (Å²) in [7, 11) is -3.39. The number of ether oxygens (including phenoxy) is 1. The molecule has 0 aliphatic carbocycles. The molecule has 112 valence electrons. The summed E-state index contributed by atoms with van der Waals surface area (Å²) in [6.45, 7) is 4.00. The van der Waals surface area contributed by atoms with Gasteiger partial charge in [0.1, 0.15) is 0 Å². The van der Waals surface area contributed by atoms with Crippen LogP contribution < -0.4 is 0 Å². The van der Waals surface area contributed by atoms with E-state index in [4.69, 9.17) is 16.3 Å². The van der Waals surface area contributed by atoms with Crippen LogP contribution in [0.1, 0.15) is 32.6 Å². The maximum atomic E-state index is 12.7. The second-order valence-electron chi connectivity index (χ2n) is 5.18. The standard InChI is InChI=1S/C12H23ClN2O3S/c1-2-12-10-14(7-8-18-12)19(16,17)15-6-4-3-5-11(15)9-13/h11-12H,2-10H2,1H3. The summed E-state index contributed by atoms with van der Waals surface area (Å²) in [6.07, 6.45) is 3.70. The monoisotopic (exact) mass is 310 g/mol. The van der Waals surface area contributed by atoms with Gasteiger partial charge in [-0.05, 0) is 19.3 Å². The first-order chi connectivity index (χ1) is 9.09. The normalized spacial score (nSPS) is 31.5. The van der Waals surface area contributed by atoms with E-state index in [1.54, 1.807) is 8.61 Å². The molecular formula is C12H23ClN2O3S. The summed E-state index contributed by atoms with van der Waals surface area (Å²) in [5, 5.41) is 0. The van der Waals surface area contributed by atoms with E-state index < -0.39 is 10.2 Å². The van der Waals surface area contributed by atoms with Crippen molar-refractivity contribution in [3.63, 3.8) is 0 Å². The van der Waals surface area contributed by atoms with E-state index in [-0.39, 0.29) is 12.1 Å². The number of nitrogens with zero attached hydrogens (tertiary/aromatic N) is 2. The second-order valence-corrected chi connectivity index (χ2v) is 7.37. The molecular weight excluding hydrogens is 288 g/mol. The fourth-order valence-corrected chi connectivity index (χ4v) is 5.00. The Morgan fingerprint density at radius 2 is 2.11 bits per heavy atom. The minimum atomic E-state index is -3.39. The highest BCUT2D eigenvalue weighted by Crippen LogP contribution is 2.25. The fourth-order valence-electron chi connectivity index (χ4n) is 2.73. The Balaban J connectivity index is 2.11. The molecule has 0 N–H and O–H groups in total. The Hall–Kier alpha value is 0.120. The van der Waals surface area contributed by atoms with Crippen LogP contribution in [0.5, 0.6) is 0 Å². The predicted octanol–water partition coefficient (Wildman–Crippen LogP) is 1.44. The lowest BCUT2D eigenvalue weighted by molar-refractivity contribution is -0.00516. The molecule has 2 atom stereocenters. The Morgan fingerprint density at radius 1 is 1.32 bits per heavy atom. The van der Waals surface area contributed by atoms with Gasteiger partial charge in [0.2, 0.25) is 0 Å². The Bertz CT molecular complexity index is 390. The fraction of sp³-hybridized carbons (Fsp3) is 1.00. The van der Waals surface area contributed by atoms with Gasteiger partial charge in [-0.25, -0.2) is 0 Å². The molecule has 19 heavy (non-hydrogen) atoms. The van der Waals surface area contributed by atoms with Crippen molar-refractivity contribution in [2.45, 2.75) is 44.8 Å². The summed E-state index contributed by atoms with van der Waals surface area (Å²) in [6, 6.07) is -0.0525. The average Bonchev–Trinajstić information content (AvgIpc) is 2.47. The smallest absolute Gasteiger partial charge is 0.282 e. The van der Waals surface area contributed by atoms with Crippen molar-refractivity contribution in [3.8, 4) is 0 Å². The highest BCUT2D eigenvalue weighted by atomic mass is 35.5. The van der Waals surface area contributed by atoms with Crippen LogP contribution in [0.4, 0.5) is 0 Å². The number of hydrogen-bond acceptors (Lipinski definition) is 3. The number of hydrogen-bond donors (Lipinski definition) is 0. The molecule has 2 fully saturated rings. The number of rotatable bonds is 4. The van der Waals surface area contributed by atoms with Gasteiger partial charge in [-0.3, -0.25) is 0 Å². The molecule has 2 heterocycles. The van der Waals surface area contributed by atoms with Crippen molar-refractivity contribution in [1.29, 1.82) is 0 Å². The molecule has 0 radical (unpaired) electrons. The van der Waals surface area contributed by atoms with E-state index in [9.17, 15) is 8.42 Å². The first-order valence-corrected chi connectivity index (χ1v) is 8.97. The maximum absolute atomic E-state index is 12.7. The zero-order valence-corrected chi connectivity index (χ0v) is 13.0. The van der Waals surface area contributed by atoms with Crippen molar-refractivity contribution in [3.05, 3.63) is 0 Å². The summed E-state index contributed by atoms with van der Waals surface area (Å²) >= 11 is 5.93. The minimum Gasteiger partial charge on any atom is -0.375 e. The molecule has 0 spiro atoms. The van der Waals surface area contributed by atoms with Crippen molar-refractivity contribution < 1.29 is 13.2 Å². The highest BCUT2D eigenvalue weighted by molar-refractivity contribution is 7.86. The number of morpholine rings is 1. The minimum absolute atomic E-state index is 0.0165. The molecule has 2 rings (SSSR count). The van der Waals surface area contributed by atoms with Gasteiger partial charge in [0, 0.05) is 31.6 Å². The third-order valence-electron chi connectivity index (χ3n) is 3.93. The van der Waals surface area contributed by atoms with Crippen molar-refractivity contribution in [1.82, 2.24) is 8.61 Å². The molecule has 0 bridgehead atoms. The van der Waals surface area contributed by atoms with Crippen LogP contribution in [0.2, 0.25) is 0 Å². The quantitative estimate of drug-likeness (QED) is 0.738. The van der Waals surface area contributed by atoms with E-state index in [0.717, 1.165) is 25.7 Å². The van der Waals surface area contributed by atoms with Gasteiger partial charge in [0.15, 0.2) is 0 Å². The van der Waals surface area contributed by atoms with Crippen LogP contribution in [0.15, 0.2) is 0 Å². The van der Waals surface area contributed by atoms with E-state index >= 15 is 0 Å². The van der Waals surface area contributed by atoms with Crippen molar-refractivity contribution in [2.24, 2.45) is 0 Å². The molecule has 2 aliphatic heterocycles. The molecule has 0 aromatic heterocycles.